The van der Waals surface area contributed by atoms with Crippen LogP contribution < -0.4 is 9.80 Å². The van der Waals surface area contributed by atoms with Crippen LogP contribution in [0, 0.1) is 6.92 Å². The van der Waals surface area contributed by atoms with Gasteiger partial charge >= 0.3 is 0 Å². The molecule has 1 N–H and O–H groups in total. The van der Waals surface area contributed by atoms with Crippen molar-refractivity contribution in [3.63, 3.8) is 0 Å². The molecule has 10 heteroatoms. The molecule has 9 nitrogen and oxygen atoms in total. The first-order valence-corrected chi connectivity index (χ1v) is 17.7. The molecule has 0 spiro atoms. The number of anilines is 3. The Morgan fingerprint density at radius 3 is 2.43 bits per heavy atom. The summed E-state index contributed by atoms with van der Waals surface area (Å²) in [6.45, 7) is 6.72. The Morgan fingerprint density at radius 2 is 1.69 bits per heavy atom. The molecule has 2 aromatic heterocycles. The number of phenols is 1. The van der Waals surface area contributed by atoms with Gasteiger partial charge in [-0.1, -0.05) is 35.9 Å². The normalized spacial score (nSPS) is 15.2. The van der Waals surface area contributed by atoms with Crippen LogP contribution in [0.1, 0.15) is 50.0 Å². The average Bonchev–Trinajstić information content (AvgIpc) is 3.65. The van der Waals surface area contributed by atoms with E-state index in [-0.39, 0.29) is 23.6 Å². The maximum atomic E-state index is 14.9. The summed E-state index contributed by atoms with van der Waals surface area (Å²) < 4.78 is 2.12. The molecule has 0 saturated heterocycles. The van der Waals surface area contributed by atoms with Crippen LogP contribution in [0.2, 0.25) is 5.02 Å². The van der Waals surface area contributed by atoms with Gasteiger partial charge in [0.1, 0.15) is 11.6 Å². The van der Waals surface area contributed by atoms with Crippen molar-refractivity contribution in [2.24, 2.45) is 0 Å². The molecule has 2 aliphatic rings. The van der Waals surface area contributed by atoms with Gasteiger partial charge in [-0.2, -0.15) is 0 Å². The molecule has 1 atom stereocenters. The van der Waals surface area contributed by atoms with E-state index in [0.29, 0.717) is 52.7 Å². The highest BCUT2D eigenvalue weighted by Gasteiger charge is 2.32. The van der Waals surface area contributed by atoms with Gasteiger partial charge in [0, 0.05) is 72.5 Å². The second-order valence-corrected chi connectivity index (χ2v) is 14.4. The zero-order valence-corrected chi connectivity index (χ0v) is 30.5. The van der Waals surface area contributed by atoms with Crippen LogP contribution in [0.25, 0.3) is 11.3 Å². The standard InChI is InChI=1S/C41H43ClN6O3/c1-26-20-28-8-6-7-9-30(28)25-47(26)40(50)35-15-10-31(42)22-37(35)38-23-36(27(2)46(38)19-18-44(3)4)41(51)48(32-11-13-34(49)14-12-32)33-21-29-16-17-45(5)39(29)43-24-33/h6-15,21-24,26,49H,16-20,25H2,1-5H3/t26-/m1/s1. The lowest BCUT2D eigenvalue weighted by Crippen LogP contribution is -2.42. The zero-order chi connectivity index (χ0) is 36.0. The minimum absolute atomic E-state index is 0.00918. The Labute approximate surface area is 304 Å². The number of rotatable bonds is 8. The van der Waals surface area contributed by atoms with Crippen molar-refractivity contribution in [3.8, 4) is 17.0 Å². The molecule has 0 radical (unpaired) electrons. The minimum Gasteiger partial charge on any atom is -0.508 e. The number of aromatic hydroxyl groups is 1. The van der Waals surface area contributed by atoms with Crippen molar-refractivity contribution in [1.82, 2.24) is 19.4 Å². The van der Waals surface area contributed by atoms with Crippen LogP contribution in [-0.4, -0.2) is 76.5 Å². The fraction of sp³-hybridized carbons (Fsp3) is 0.293. The molecular weight excluding hydrogens is 660 g/mol. The number of likely N-dealkylation sites (N-methyl/N-ethyl adjacent to an activating group) is 2. The molecule has 262 valence electrons. The van der Waals surface area contributed by atoms with Gasteiger partial charge in [0.25, 0.3) is 11.8 Å². The van der Waals surface area contributed by atoms with E-state index in [0.717, 1.165) is 47.7 Å². The number of hydrogen-bond acceptors (Lipinski definition) is 6. The summed E-state index contributed by atoms with van der Waals surface area (Å²) in [7, 11) is 6.04. The largest absolute Gasteiger partial charge is 0.508 e. The molecular formula is C41H43ClN6O3. The Kier molecular flexibility index (Phi) is 9.35. The number of halogens is 1. The van der Waals surface area contributed by atoms with E-state index in [1.165, 1.54) is 5.56 Å². The fourth-order valence-corrected chi connectivity index (χ4v) is 7.51. The molecule has 2 aliphatic heterocycles. The molecule has 2 amide bonds. The van der Waals surface area contributed by atoms with Gasteiger partial charge in [0.15, 0.2) is 0 Å². The number of carbonyl (C=O) groups is 2. The van der Waals surface area contributed by atoms with E-state index in [2.05, 4.69) is 33.4 Å². The predicted molar refractivity (Wildman–Crippen MR) is 203 cm³/mol. The highest BCUT2D eigenvalue weighted by molar-refractivity contribution is 6.31. The second kappa shape index (κ2) is 13.9. The number of hydrogen-bond donors (Lipinski definition) is 1. The van der Waals surface area contributed by atoms with Crippen molar-refractivity contribution in [2.75, 3.05) is 44.0 Å². The highest BCUT2D eigenvalue weighted by Crippen LogP contribution is 2.37. The summed E-state index contributed by atoms with van der Waals surface area (Å²) in [5, 5.41) is 10.6. The van der Waals surface area contributed by atoms with Crippen molar-refractivity contribution in [3.05, 3.63) is 124 Å². The number of benzene rings is 3. The van der Waals surface area contributed by atoms with Crippen LogP contribution in [0.15, 0.2) is 85.1 Å². The van der Waals surface area contributed by atoms with Gasteiger partial charge in [-0.25, -0.2) is 4.98 Å². The molecule has 4 heterocycles. The fourth-order valence-electron chi connectivity index (χ4n) is 7.33. The summed E-state index contributed by atoms with van der Waals surface area (Å²) in [5.74, 6) is 0.703. The molecule has 3 aromatic carbocycles. The minimum atomic E-state index is -0.243. The van der Waals surface area contributed by atoms with Crippen LogP contribution in [-0.2, 0) is 25.9 Å². The molecule has 0 fully saturated rings. The molecule has 0 saturated carbocycles. The summed E-state index contributed by atoms with van der Waals surface area (Å²) in [6.07, 6.45) is 3.35. The van der Waals surface area contributed by atoms with Gasteiger partial charge < -0.3 is 24.4 Å². The van der Waals surface area contributed by atoms with Gasteiger partial charge in [-0.15, -0.1) is 0 Å². The number of carbonyl (C=O) groups excluding carboxylic acids is 2. The van der Waals surface area contributed by atoms with Crippen LogP contribution in [0.3, 0.4) is 0 Å². The van der Waals surface area contributed by atoms with Crippen LogP contribution >= 0.6 is 11.6 Å². The van der Waals surface area contributed by atoms with Gasteiger partial charge in [-0.3, -0.25) is 14.5 Å². The first-order valence-electron chi connectivity index (χ1n) is 17.4. The highest BCUT2D eigenvalue weighted by atomic mass is 35.5. The summed E-state index contributed by atoms with van der Waals surface area (Å²) >= 11 is 6.67. The van der Waals surface area contributed by atoms with E-state index in [9.17, 15) is 14.7 Å². The number of phenolic OH excluding ortho intramolecular Hbond substituents is 1. The predicted octanol–water partition coefficient (Wildman–Crippen LogP) is 7.34. The Bertz CT molecular complexity index is 2120. The third-order valence-electron chi connectivity index (χ3n) is 10.2. The topological polar surface area (TPSA) is 85.1 Å². The molecule has 0 unspecified atom stereocenters. The Morgan fingerprint density at radius 1 is 0.941 bits per heavy atom. The first kappa shape index (κ1) is 34.3. The lowest BCUT2D eigenvalue weighted by Gasteiger charge is -2.35. The van der Waals surface area contributed by atoms with Crippen LogP contribution in [0.5, 0.6) is 5.75 Å². The lowest BCUT2D eigenvalue weighted by atomic mass is 9.93. The maximum absolute atomic E-state index is 14.9. The van der Waals surface area contributed by atoms with E-state index in [1.54, 1.807) is 41.4 Å². The Balaban J connectivity index is 1.34. The van der Waals surface area contributed by atoms with Crippen LogP contribution in [0.4, 0.5) is 17.2 Å². The zero-order valence-electron chi connectivity index (χ0n) is 29.7. The van der Waals surface area contributed by atoms with E-state index >= 15 is 0 Å². The summed E-state index contributed by atoms with van der Waals surface area (Å²) in [4.78, 5) is 42.0. The number of aromatic nitrogens is 2. The van der Waals surface area contributed by atoms with Crippen molar-refractivity contribution in [2.45, 2.75) is 45.8 Å². The SMILES string of the molecule is Cc1c(C(=O)N(c2ccc(O)cc2)c2cnc3c(c2)CCN3C)cc(-c2cc(Cl)ccc2C(=O)N2Cc3ccccc3C[C@H]2C)n1CCN(C)C. The number of fused-ring (bicyclic) bond motifs is 2. The molecule has 0 bridgehead atoms. The monoisotopic (exact) mass is 702 g/mol. The maximum Gasteiger partial charge on any atom is 0.264 e. The molecule has 7 rings (SSSR count). The molecule has 51 heavy (non-hydrogen) atoms. The van der Waals surface area contributed by atoms with Crippen molar-refractivity contribution < 1.29 is 14.7 Å². The number of amides is 2. The summed E-state index contributed by atoms with van der Waals surface area (Å²) in [5.41, 5.74) is 7.96. The quantitative estimate of drug-likeness (QED) is 0.182. The molecule has 0 aliphatic carbocycles. The first-order chi connectivity index (χ1) is 24.5. The third-order valence-corrected chi connectivity index (χ3v) is 10.4. The van der Waals surface area contributed by atoms with E-state index < -0.39 is 0 Å². The number of pyridine rings is 1. The molecule has 5 aromatic rings. The lowest BCUT2D eigenvalue weighted by molar-refractivity contribution is 0.0659. The summed E-state index contributed by atoms with van der Waals surface area (Å²) in [6, 6.07) is 24.3. The van der Waals surface area contributed by atoms with Crippen molar-refractivity contribution in [1.29, 1.82) is 0 Å². The average molecular weight is 703 g/mol. The van der Waals surface area contributed by atoms with Gasteiger partial charge in [-0.05, 0) is 112 Å². The number of nitrogens with zero attached hydrogens (tertiary/aromatic N) is 6. The second-order valence-electron chi connectivity index (χ2n) is 13.9. The third kappa shape index (κ3) is 6.59. The van der Waals surface area contributed by atoms with Crippen molar-refractivity contribution >= 4 is 40.6 Å². The van der Waals surface area contributed by atoms with Gasteiger partial charge in [0.05, 0.1) is 17.4 Å². The van der Waals surface area contributed by atoms with E-state index in [4.69, 9.17) is 16.6 Å². The Hall–Kier alpha value is -5.12. The smallest absolute Gasteiger partial charge is 0.264 e. The van der Waals surface area contributed by atoms with E-state index in [1.807, 2.05) is 69.4 Å². The van der Waals surface area contributed by atoms with Gasteiger partial charge in [0.2, 0.25) is 0 Å².